The van der Waals surface area contributed by atoms with E-state index in [1.807, 2.05) is 37.3 Å². The number of nitrogens with one attached hydrogen (secondary N) is 1. The van der Waals surface area contributed by atoms with Gasteiger partial charge in [-0.05, 0) is 37.5 Å². The second-order valence-corrected chi connectivity index (χ2v) is 4.62. The van der Waals surface area contributed by atoms with E-state index in [1.165, 1.54) is 11.1 Å². The number of hydrogen-bond donors (Lipinski definition) is 2. The Balaban J connectivity index is 2.20. The summed E-state index contributed by atoms with van der Waals surface area (Å²) in [6, 6.07) is 10.1. The van der Waals surface area contributed by atoms with Gasteiger partial charge in [0.15, 0.2) is 0 Å². The number of benzene rings is 1. The molecule has 1 aromatic carbocycles. The molecule has 2 heteroatoms. The smallest absolute Gasteiger partial charge is 0.0980 e. The minimum Gasteiger partial charge on any atom is -0.387 e. The maximum Gasteiger partial charge on any atom is 0.0980 e. The van der Waals surface area contributed by atoms with Crippen LogP contribution in [0.4, 0.5) is 0 Å². The lowest BCUT2D eigenvalue weighted by molar-refractivity contribution is 0.173. The highest BCUT2D eigenvalue weighted by atomic mass is 16.3. The molecule has 2 rings (SSSR count). The Morgan fingerprint density at radius 2 is 1.71 bits per heavy atom. The molecule has 1 unspecified atom stereocenters. The van der Waals surface area contributed by atoms with Crippen molar-refractivity contribution in [2.24, 2.45) is 0 Å². The Bertz CT molecular complexity index is 499. The van der Waals surface area contributed by atoms with Crippen LogP contribution in [0, 0.1) is 20.8 Å². The zero-order chi connectivity index (χ0) is 12.4. The largest absolute Gasteiger partial charge is 0.387 e. The van der Waals surface area contributed by atoms with Gasteiger partial charge in [0.2, 0.25) is 0 Å². The van der Waals surface area contributed by atoms with E-state index >= 15 is 0 Å². The zero-order valence-corrected chi connectivity index (χ0v) is 10.6. The molecule has 0 aliphatic carbocycles. The molecule has 1 heterocycles. The third-order valence-corrected chi connectivity index (χ3v) is 3.46. The first-order chi connectivity index (χ1) is 8.09. The Hall–Kier alpha value is -1.54. The van der Waals surface area contributed by atoms with Crippen LogP contribution in [0.25, 0.3) is 0 Å². The molecule has 0 fully saturated rings. The fraction of sp³-hybridized carbons (Fsp3) is 0.333. The zero-order valence-electron chi connectivity index (χ0n) is 10.6. The SMILES string of the molecule is Cc1[nH]c(C(O)Cc2ccccc2)c(C)c1C. The number of aliphatic hydroxyl groups excluding tert-OH is 1. The first-order valence-corrected chi connectivity index (χ1v) is 5.97. The average molecular weight is 229 g/mol. The molecule has 17 heavy (non-hydrogen) atoms. The van der Waals surface area contributed by atoms with Gasteiger partial charge in [-0.2, -0.15) is 0 Å². The summed E-state index contributed by atoms with van der Waals surface area (Å²) >= 11 is 0. The fourth-order valence-corrected chi connectivity index (χ4v) is 2.15. The van der Waals surface area contributed by atoms with E-state index in [2.05, 4.69) is 18.8 Å². The van der Waals surface area contributed by atoms with Crippen LogP contribution in [-0.2, 0) is 6.42 Å². The summed E-state index contributed by atoms with van der Waals surface area (Å²) < 4.78 is 0. The van der Waals surface area contributed by atoms with Gasteiger partial charge in [-0.1, -0.05) is 30.3 Å². The van der Waals surface area contributed by atoms with E-state index in [0.717, 1.165) is 17.0 Å². The molecule has 0 amide bonds. The van der Waals surface area contributed by atoms with Gasteiger partial charge in [0.25, 0.3) is 0 Å². The van der Waals surface area contributed by atoms with Gasteiger partial charge in [0.05, 0.1) is 6.10 Å². The van der Waals surface area contributed by atoms with Crippen molar-refractivity contribution in [1.29, 1.82) is 0 Å². The summed E-state index contributed by atoms with van der Waals surface area (Å²) in [4.78, 5) is 3.28. The predicted molar refractivity (Wildman–Crippen MR) is 70.1 cm³/mol. The van der Waals surface area contributed by atoms with Gasteiger partial charge in [-0.25, -0.2) is 0 Å². The van der Waals surface area contributed by atoms with Crippen molar-refractivity contribution in [3.8, 4) is 0 Å². The van der Waals surface area contributed by atoms with Gasteiger partial charge in [0, 0.05) is 17.8 Å². The van der Waals surface area contributed by atoms with E-state index in [1.54, 1.807) is 0 Å². The van der Waals surface area contributed by atoms with Gasteiger partial charge in [-0.3, -0.25) is 0 Å². The Kier molecular flexibility index (Phi) is 3.34. The number of aromatic nitrogens is 1. The van der Waals surface area contributed by atoms with Gasteiger partial charge in [0.1, 0.15) is 0 Å². The molecule has 1 atom stereocenters. The summed E-state index contributed by atoms with van der Waals surface area (Å²) in [7, 11) is 0. The first kappa shape index (κ1) is 11.9. The lowest BCUT2D eigenvalue weighted by Gasteiger charge is -2.10. The average Bonchev–Trinajstić information content (AvgIpc) is 2.58. The number of aryl methyl sites for hydroxylation is 1. The Labute approximate surface area is 102 Å². The molecule has 2 nitrogen and oxygen atoms in total. The topological polar surface area (TPSA) is 36.0 Å². The summed E-state index contributed by atoms with van der Waals surface area (Å²) in [5.41, 5.74) is 5.66. The Morgan fingerprint density at radius 1 is 1.06 bits per heavy atom. The van der Waals surface area contributed by atoms with Crippen molar-refractivity contribution in [2.45, 2.75) is 33.3 Å². The third-order valence-electron chi connectivity index (χ3n) is 3.46. The van der Waals surface area contributed by atoms with Crippen molar-refractivity contribution < 1.29 is 5.11 Å². The van der Waals surface area contributed by atoms with Crippen LogP contribution in [0.1, 0.15) is 34.2 Å². The molecule has 2 aromatic rings. The molecule has 0 bridgehead atoms. The van der Waals surface area contributed by atoms with Crippen LogP contribution >= 0.6 is 0 Å². The summed E-state index contributed by atoms with van der Waals surface area (Å²) in [5.74, 6) is 0. The van der Waals surface area contributed by atoms with Crippen LogP contribution in [-0.4, -0.2) is 10.1 Å². The molecule has 0 saturated carbocycles. The monoisotopic (exact) mass is 229 g/mol. The maximum absolute atomic E-state index is 10.3. The molecule has 2 N–H and O–H groups in total. The van der Waals surface area contributed by atoms with Gasteiger partial charge in [-0.15, -0.1) is 0 Å². The van der Waals surface area contributed by atoms with Crippen molar-refractivity contribution in [2.75, 3.05) is 0 Å². The molecule has 0 aliphatic rings. The van der Waals surface area contributed by atoms with Crippen molar-refractivity contribution in [3.05, 3.63) is 58.4 Å². The molecule has 0 aliphatic heterocycles. The number of aliphatic hydroxyl groups is 1. The van der Waals surface area contributed by atoms with E-state index < -0.39 is 6.10 Å². The highest BCUT2D eigenvalue weighted by Gasteiger charge is 2.15. The standard InChI is InChI=1S/C15H19NO/c1-10-11(2)15(16-12(10)3)14(17)9-13-7-5-4-6-8-13/h4-8,14,16-17H,9H2,1-3H3. The first-order valence-electron chi connectivity index (χ1n) is 5.97. The predicted octanol–water partition coefficient (Wildman–Crippen LogP) is 3.22. The second kappa shape index (κ2) is 4.76. The summed E-state index contributed by atoms with van der Waals surface area (Å²) in [6.45, 7) is 6.18. The summed E-state index contributed by atoms with van der Waals surface area (Å²) in [6.07, 6.45) is 0.200. The molecule has 90 valence electrons. The number of hydrogen-bond acceptors (Lipinski definition) is 1. The minimum absolute atomic E-state index is 0.454. The van der Waals surface area contributed by atoms with Crippen LogP contribution in [0.5, 0.6) is 0 Å². The van der Waals surface area contributed by atoms with Crippen molar-refractivity contribution >= 4 is 0 Å². The van der Waals surface area contributed by atoms with E-state index in [9.17, 15) is 5.11 Å². The highest BCUT2D eigenvalue weighted by Crippen LogP contribution is 2.24. The molecular formula is C15H19NO. The fourth-order valence-electron chi connectivity index (χ4n) is 2.15. The second-order valence-electron chi connectivity index (χ2n) is 4.62. The van der Waals surface area contributed by atoms with Crippen LogP contribution in [0.15, 0.2) is 30.3 Å². The van der Waals surface area contributed by atoms with Gasteiger partial charge < -0.3 is 10.1 Å². The van der Waals surface area contributed by atoms with Crippen LogP contribution in [0.3, 0.4) is 0 Å². The maximum atomic E-state index is 10.3. The van der Waals surface area contributed by atoms with Crippen LogP contribution in [0.2, 0.25) is 0 Å². The Morgan fingerprint density at radius 3 is 2.24 bits per heavy atom. The van der Waals surface area contributed by atoms with E-state index in [-0.39, 0.29) is 0 Å². The molecule has 0 radical (unpaired) electrons. The number of H-pyrrole nitrogens is 1. The molecular weight excluding hydrogens is 210 g/mol. The summed E-state index contributed by atoms with van der Waals surface area (Å²) in [5, 5.41) is 10.3. The number of aromatic amines is 1. The highest BCUT2D eigenvalue weighted by molar-refractivity contribution is 5.36. The molecule has 0 saturated heterocycles. The normalized spacial score (nSPS) is 12.7. The lowest BCUT2D eigenvalue weighted by atomic mass is 10.0. The minimum atomic E-state index is -0.454. The van der Waals surface area contributed by atoms with E-state index in [0.29, 0.717) is 6.42 Å². The van der Waals surface area contributed by atoms with Gasteiger partial charge >= 0.3 is 0 Å². The molecule has 1 aromatic heterocycles. The quantitative estimate of drug-likeness (QED) is 0.833. The lowest BCUT2D eigenvalue weighted by Crippen LogP contribution is -2.03. The van der Waals surface area contributed by atoms with Crippen molar-refractivity contribution in [1.82, 2.24) is 4.98 Å². The molecule has 0 spiro atoms. The number of rotatable bonds is 3. The van der Waals surface area contributed by atoms with E-state index in [4.69, 9.17) is 0 Å². The van der Waals surface area contributed by atoms with Crippen molar-refractivity contribution in [3.63, 3.8) is 0 Å². The van der Waals surface area contributed by atoms with Crippen LogP contribution < -0.4 is 0 Å². The third kappa shape index (κ3) is 2.42.